The zero-order chi connectivity index (χ0) is 21.6. The highest BCUT2D eigenvalue weighted by molar-refractivity contribution is 7.75. The van der Waals surface area contributed by atoms with E-state index < -0.39 is 47.2 Å². The zero-order valence-corrected chi connectivity index (χ0v) is 15.7. The minimum Gasteiger partial charge on any atom is -0.481 e. The Hall–Kier alpha value is -3.36. The standard InChI is InChI=1S/C14H14F3N5O6S/c1-26-9-6-10(27-2)20-12(19-9)22(29(24)25)13(23)21-11-8(4-3-5-18-11)28-7-14(15,16)17/h3-6,29H,7H2,1-2H3,(H,18,21,23). The number of nitrogens with zero attached hydrogens (tertiary/aromatic N) is 4. The molecule has 158 valence electrons. The summed E-state index contributed by atoms with van der Waals surface area (Å²) < 4.78 is 74.8. The molecule has 1 N–H and O–H groups in total. The third-order valence-corrected chi connectivity index (χ3v) is 3.71. The van der Waals surface area contributed by atoms with Gasteiger partial charge in [-0.3, -0.25) is 5.32 Å². The first kappa shape index (κ1) is 21.9. The van der Waals surface area contributed by atoms with Crippen LogP contribution in [0.15, 0.2) is 24.4 Å². The van der Waals surface area contributed by atoms with Crippen molar-refractivity contribution in [1.29, 1.82) is 0 Å². The topological polar surface area (TPSA) is 133 Å². The van der Waals surface area contributed by atoms with E-state index >= 15 is 0 Å². The van der Waals surface area contributed by atoms with E-state index in [1.807, 2.05) is 5.32 Å². The number of anilines is 2. The van der Waals surface area contributed by atoms with Gasteiger partial charge in [-0.1, -0.05) is 0 Å². The number of carbonyl (C=O) groups is 1. The Morgan fingerprint density at radius 2 is 1.83 bits per heavy atom. The van der Waals surface area contributed by atoms with Crippen LogP contribution in [0, 0.1) is 0 Å². The second-order valence-electron chi connectivity index (χ2n) is 4.99. The first-order chi connectivity index (χ1) is 13.6. The Bertz CT molecular complexity index is 925. The van der Waals surface area contributed by atoms with E-state index in [0.29, 0.717) is 0 Å². The Morgan fingerprint density at radius 1 is 1.21 bits per heavy atom. The quantitative estimate of drug-likeness (QED) is 0.617. The second-order valence-corrected chi connectivity index (χ2v) is 5.86. The van der Waals surface area contributed by atoms with E-state index in [0.717, 1.165) is 12.3 Å². The molecule has 11 nitrogen and oxygen atoms in total. The molecule has 0 saturated heterocycles. The Kier molecular flexibility index (Phi) is 6.98. The Labute approximate surface area is 163 Å². The maximum absolute atomic E-state index is 12.5. The van der Waals surface area contributed by atoms with Crippen molar-refractivity contribution in [2.45, 2.75) is 6.18 Å². The summed E-state index contributed by atoms with van der Waals surface area (Å²) in [5.74, 6) is -1.70. The molecule has 0 aliphatic carbocycles. The molecule has 0 fully saturated rings. The highest BCUT2D eigenvalue weighted by Gasteiger charge is 2.30. The number of thiol groups is 1. The summed E-state index contributed by atoms with van der Waals surface area (Å²) in [6.45, 7) is -1.64. The van der Waals surface area contributed by atoms with Crippen molar-refractivity contribution in [3.05, 3.63) is 24.4 Å². The van der Waals surface area contributed by atoms with E-state index in [2.05, 4.69) is 19.7 Å². The average Bonchev–Trinajstić information content (AvgIpc) is 2.66. The van der Waals surface area contributed by atoms with Gasteiger partial charge in [-0.15, -0.1) is 0 Å². The van der Waals surface area contributed by atoms with Crippen LogP contribution in [-0.2, 0) is 10.9 Å². The number of aromatic nitrogens is 3. The average molecular weight is 437 g/mol. The third-order valence-electron chi connectivity index (χ3n) is 3.02. The minimum atomic E-state index is -4.63. The van der Waals surface area contributed by atoms with Gasteiger partial charge >= 0.3 is 12.2 Å². The number of urea groups is 1. The lowest BCUT2D eigenvalue weighted by atomic mass is 10.4. The fourth-order valence-corrected chi connectivity index (χ4v) is 2.28. The number of nitrogens with one attached hydrogen (secondary N) is 1. The molecule has 2 amide bonds. The first-order valence-electron chi connectivity index (χ1n) is 7.51. The number of ether oxygens (including phenoxy) is 3. The van der Waals surface area contributed by atoms with Crippen LogP contribution in [-0.4, -0.2) is 56.4 Å². The number of hydrogen-bond donors (Lipinski definition) is 2. The van der Waals surface area contributed by atoms with E-state index in [4.69, 9.17) is 9.47 Å². The van der Waals surface area contributed by atoms with Crippen LogP contribution in [0.2, 0.25) is 0 Å². The number of rotatable bonds is 7. The summed E-state index contributed by atoms with van der Waals surface area (Å²) in [7, 11) is -1.13. The smallest absolute Gasteiger partial charge is 0.422 e. The van der Waals surface area contributed by atoms with Gasteiger partial charge in [0.05, 0.1) is 20.3 Å². The molecule has 2 rings (SSSR count). The zero-order valence-electron chi connectivity index (χ0n) is 14.8. The molecular formula is C14H14F3N5O6S. The minimum absolute atomic E-state index is 0.103. The summed E-state index contributed by atoms with van der Waals surface area (Å²) in [5.41, 5.74) is 0. The lowest BCUT2D eigenvalue weighted by molar-refractivity contribution is -0.153. The van der Waals surface area contributed by atoms with Crippen molar-refractivity contribution in [1.82, 2.24) is 15.0 Å². The summed E-state index contributed by atoms with van der Waals surface area (Å²) in [4.78, 5) is 23.6. The first-order valence-corrected chi connectivity index (χ1v) is 8.64. The number of carbonyl (C=O) groups excluding carboxylic acids is 1. The van der Waals surface area contributed by atoms with E-state index in [1.165, 1.54) is 26.4 Å². The van der Waals surface area contributed by atoms with Crippen LogP contribution in [0.3, 0.4) is 0 Å². The van der Waals surface area contributed by atoms with Crippen molar-refractivity contribution in [2.24, 2.45) is 0 Å². The van der Waals surface area contributed by atoms with Gasteiger partial charge in [0.25, 0.3) is 5.95 Å². The van der Waals surface area contributed by atoms with Gasteiger partial charge < -0.3 is 14.2 Å². The maximum atomic E-state index is 12.5. The highest BCUT2D eigenvalue weighted by atomic mass is 32.2. The summed E-state index contributed by atoms with van der Waals surface area (Å²) in [6, 6.07) is 2.29. The van der Waals surface area contributed by atoms with E-state index in [-0.39, 0.29) is 16.1 Å². The molecule has 0 radical (unpaired) electrons. The summed E-state index contributed by atoms with van der Waals surface area (Å²) in [5, 5.41) is 2.04. The van der Waals surface area contributed by atoms with Crippen LogP contribution in [0.1, 0.15) is 0 Å². The van der Waals surface area contributed by atoms with Gasteiger partial charge in [0.1, 0.15) is 0 Å². The van der Waals surface area contributed by atoms with Crippen molar-refractivity contribution in [2.75, 3.05) is 30.4 Å². The molecule has 0 spiro atoms. The molecule has 0 atom stereocenters. The molecule has 2 aromatic heterocycles. The van der Waals surface area contributed by atoms with Gasteiger partial charge in [-0.2, -0.15) is 27.4 Å². The summed E-state index contributed by atoms with van der Waals surface area (Å²) in [6.07, 6.45) is -3.48. The molecule has 0 unspecified atom stereocenters. The number of alkyl halides is 3. The molecule has 0 aliphatic rings. The molecule has 15 heteroatoms. The van der Waals surface area contributed by atoms with Crippen molar-refractivity contribution in [3.63, 3.8) is 0 Å². The number of methoxy groups -OCH3 is 2. The largest absolute Gasteiger partial charge is 0.481 e. The summed E-state index contributed by atoms with van der Waals surface area (Å²) >= 11 is 0. The Morgan fingerprint density at radius 3 is 2.34 bits per heavy atom. The SMILES string of the molecule is COc1cc(OC)nc(N(C(=O)Nc2ncccc2OCC(F)(F)F)[SH](=O)=O)n1. The number of amides is 2. The van der Waals surface area contributed by atoms with Crippen molar-refractivity contribution < 1.29 is 40.6 Å². The van der Waals surface area contributed by atoms with Crippen molar-refractivity contribution >= 4 is 28.7 Å². The van der Waals surface area contributed by atoms with E-state index in [1.54, 1.807) is 0 Å². The van der Waals surface area contributed by atoms with Crippen LogP contribution in [0.5, 0.6) is 17.5 Å². The number of halogens is 3. The third kappa shape index (κ3) is 6.06. The lowest BCUT2D eigenvalue weighted by Gasteiger charge is -2.17. The molecule has 0 saturated carbocycles. The van der Waals surface area contributed by atoms with Gasteiger partial charge in [0.2, 0.25) is 22.7 Å². The molecule has 29 heavy (non-hydrogen) atoms. The number of hydrogen-bond acceptors (Lipinski definition) is 9. The van der Waals surface area contributed by atoms with Gasteiger partial charge in [-0.25, -0.2) is 18.2 Å². The van der Waals surface area contributed by atoms with Crippen LogP contribution in [0.4, 0.5) is 29.7 Å². The highest BCUT2D eigenvalue weighted by Crippen LogP contribution is 2.26. The molecule has 0 aromatic carbocycles. The maximum Gasteiger partial charge on any atom is 0.422 e. The fourth-order valence-electron chi connectivity index (χ4n) is 1.85. The molecule has 0 aliphatic heterocycles. The molecular weight excluding hydrogens is 423 g/mol. The van der Waals surface area contributed by atoms with Crippen LogP contribution < -0.4 is 23.8 Å². The number of pyridine rings is 1. The predicted octanol–water partition coefficient (Wildman–Crippen LogP) is 1.39. The molecule has 0 bridgehead atoms. The lowest BCUT2D eigenvalue weighted by Crippen LogP contribution is -2.35. The fraction of sp³-hybridized carbons (Fsp3) is 0.286. The van der Waals surface area contributed by atoms with Crippen LogP contribution in [0.25, 0.3) is 0 Å². The van der Waals surface area contributed by atoms with Crippen molar-refractivity contribution in [3.8, 4) is 17.5 Å². The van der Waals surface area contributed by atoms with Gasteiger partial charge in [-0.05, 0) is 12.1 Å². The Balaban J connectivity index is 2.33. The van der Waals surface area contributed by atoms with E-state index in [9.17, 15) is 26.4 Å². The van der Waals surface area contributed by atoms with Crippen LogP contribution >= 0.6 is 0 Å². The normalized spacial score (nSPS) is 11.1. The van der Waals surface area contributed by atoms with Gasteiger partial charge in [0.15, 0.2) is 18.2 Å². The predicted molar refractivity (Wildman–Crippen MR) is 92.7 cm³/mol. The second kappa shape index (κ2) is 9.22. The molecule has 2 aromatic rings. The van der Waals surface area contributed by atoms with Gasteiger partial charge in [0, 0.05) is 6.20 Å². The molecule has 2 heterocycles. The monoisotopic (exact) mass is 437 g/mol.